The Balaban J connectivity index is 1.86. The molecule has 0 amide bonds. The molecule has 0 radical (unpaired) electrons. The van der Waals surface area contributed by atoms with Gasteiger partial charge in [0.2, 0.25) is 0 Å². The summed E-state index contributed by atoms with van der Waals surface area (Å²) < 4.78 is 0. The zero-order valence-corrected chi connectivity index (χ0v) is 15.0. The standard InChI is InChI=1S/C22H25NO2/c1-21(2,3)19-11-7-10-17(12-19)18-14-22(20(24)25,23-15-18)13-16-8-5-4-6-9-16/h4-12,15,23H,13-14H2,1-3H3,(H,24,25). The van der Waals surface area contributed by atoms with Crippen molar-refractivity contribution in [2.45, 2.75) is 44.6 Å². The van der Waals surface area contributed by atoms with E-state index in [9.17, 15) is 9.90 Å². The van der Waals surface area contributed by atoms with Gasteiger partial charge in [-0.25, -0.2) is 4.79 Å². The van der Waals surface area contributed by atoms with Crippen molar-refractivity contribution in [2.24, 2.45) is 0 Å². The number of hydrogen-bond acceptors (Lipinski definition) is 2. The van der Waals surface area contributed by atoms with Gasteiger partial charge in [0, 0.05) is 19.0 Å². The number of carboxylic acid groups (broad SMARTS) is 1. The first-order valence-corrected chi connectivity index (χ1v) is 8.65. The molecule has 130 valence electrons. The first-order chi connectivity index (χ1) is 11.8. The van der Waals surface area contributed by atoms with Crippen LogP contribution >= 0.6 is 0 Å². The van der Waals surface area contributed by atoms with E-state index in [1.165, 1.54) is 5.56 Å². The topological polar surface area (TPSA) is 49.3 Å². The van der Waals surface area contributed by atoms with Crippen LogP contribution in [0.5, 0.6) is 0 Å². The van der Waals surface area contributed by atoms with Gasteiger partial charge in [-0.3, -0.25) is 0 Å². The van der Waals surface area contributed by atoms with Crippen LogP contribution in [0.3, 0.4) is 0 Å². The maximum Gasteiger partial charge on any atom is 0.330 e. The fraction of sp³-hybridized carbons (Fsp3) is 0.318. The largest absolute Gasteiger partial charge is 0.479 e. The van der Waals surface area contributed by atoms with Crippen molar-refractivity contribution < 1.29 is 9.90 Å². The predicted molar refractivity (Wildman–Crippen MR) is 101 cm³/mol. The van der Waals surface area contributed by atoms with E-state index in [2.05, 4.69) is 50.4 Å². The summed E-state index contributed by atoms with van der Waals surface area (Å²) in [5.74, 6) is -0.811. The molecule has 0 spiro atoms. The Bertz CT molecular complexity index is 802. The zero-order chi connectivity index (χ0) is 18.1. The van der Waals surface area contributed by atoms with Crippen LogP contribution in [0.4, 0.5) is 0 Å². The summed E-state index contributed by atoms with van der Waals surface area (Å²) in [7, 11) is 0. The summed E-state index contributed by atoms with van der Waals surface area (Å²) in [5, 5.41) is 13.0. The normalized spacial score (nSPS) is 20.0. The molecule has 1 heterocycles. The molecule has 0 saturated carbocycles. The van der Waals surface area contributed by atoms with Gasteiger partial charge in [-0.1, -0.05) is 75.4 Å². The van der Waals surface area contributed by atoms with Crippen molar-refractivity contribution >= 4 is 11.5 Å². The van der Waals surface area contributed by atoms with Crippen molar-refractivity contribution in [2.75, 3.05) is 0 Å². The molecule has 25 heavy (non-hydrogen) atoms. The Kier molecular flexibility index (Phi) is 4.42. The molecule has 0 fully saturated rings. The lowest BCUT2D eigenvalue weighted by Crippen LogP contribution is -2.48. The SMILES string of the molecule is CC(C)(C)c1cccc(C2=CNC(Cc3ccccc3)(C(=O)O)C2)c1. The highest BCUT2D eigenvalue weighted by molar-refractivity contribution is 5.86. The first kappa shape index (κ1) is 17.3. The van der Waals surface area contributed by atoms with Crippen LogP contribution in [-0.2, 0) is 16.6 Å². The Hall–Kier alpha value is -2.55. The van der Waals surface area contributed by atoms with Crippen molar-refractivity contribution in [3.8, 4) is 0 Å². The summed E-state index contributed by atoms with van der Waals surface area (Å²) in [4.78, 5) is 12.0. The minimum atomic E-state index is -0.978. The van der Waals surface area contributed by atoms with Crippen LogP contribution < -0.4 is 5.32 Å². The number of nitrogens with one attached hydrogen (secondary N) is 1. The summed E-state index contributed by atoms with van der Waals surface area (Å²) >= 11 is 0. The summed E-state index contributed by atoms with van der Waals surface area (Å²) in [6.45, 7) is 6.55. The Morgan fingerprint density at radius 2 is 1.84 bits per heavy atom. The molecule has 0 bridgehead atoms. The number of hydrogen-bond donors (Lipinski definition) is 2. The molecule has 3 rings (SSSR count). The Labute approximate surface area is 149 Å². The third-order valence-electron chi connectivity index (χ3n) is 4.87. The molecule has 1 unspecified atom stereocenters. The van der Waals surface area contributed by atoms with Crippen molar-refractivity contribution in [3.63, 3.8) is 0 Å². The highest BCUT2D eigenvalue weighted by atomic mass is 16.4. The number of carboxylic acids is 1. The van der Waals surface area contributed by atoms with Crippen LogP contribution in [0, 0.1) is 0 Å². The van der Waals surface area contributed by atoms with E-state index < -0.39 is 11.5 Å². The third kappa shape index (κ3) is 3.60. The molecule has 0 aromatic heterocycles. The molecule has 2 N–H and O–H groups in total. The lowest BCUT2D eigenvalue weighted by Gasteiger charge is -2.26. The van der Waals surface area contributed by atoms with E-state index in [4.69, 9.17) is 0 Å². The van der Waals surface area contributed by atoms with Crippen LogP contribution in [0.15, 0.2) is 60.8 Å². The van der Waals surface area contributed by atoms with Gasteiger partial charge in [-0.05, 0) is 27.7 Å². The maximum atomic E-state index is 12.0. The molecule has 2 aromatic carbocycles. The molecule has 3 heteroatoms. The molecule has 1 aliphatic rings. The van der Waals surface area contributed by atoms with Crippen LogP contribution in [0.25, 0.3) is 5.57 Å². The van der Waals surface area contributed by atoms with Crippen molar-refractivity contribution in [1.29, 1.82) is 0 Å². The monoisotopic (exact) mass is 335 g/mol. The number of rotatable bonds is 4. The van der Waals surface area contributed by atoms with Crippen LogP contribution in [0.2, 0.25) is 0 Å². The van der Waals surface area contributed by atoms with E-state index in [0.29, 0.717) is 12.8 Å². The van der Waals surface area contributed by atoms with Gasteiger partial charge < -0.3 is 10.4 Å². The van der Waals surface area contributed by atoms with E-state index in [0.717, 1.165) is 16.7 Å². The summed E-state index contributed by atoms with van der Waals surface area (Å²) in [5.41, 5.74) is 3.50. The molecule has 0 aliphatic carbocycles. The fourth-order valence-corrected chi connectivity index (χ4v) is 3.29. The molecular weight excluding hydrogens is 310 g/mol. The Morgan fingerprint density at radius 1 is 1.12 bits per heavy atom. The number of aliphatic carboxylic acids is 1. The summed E-state index contributed by atoms with van der Waals surface area (Å²) in [6.07, 6.45) is 2.81. The fourth-order valence-electron chi connectivity index (χ4n) is 3.29. The van der Waals surface area contributed by atoms with E-state index in [1.807, 2.05) is 36.5 Å². The van der Waals surface area contributed by atoms with E-state index >= 15 is 0 Å². The zero-order valence-electron chi connectivity index (χ0n) is 15.0. The lowest BCUT2D eigenvalue weighted by molar-refractivity contribution is -0.143. The molecule has 1 atom stereocenters. The van der Waals surface area contributed by atoms with Crippen molar-refractivity contribution in [1.82, 2.24) is 5.32 Å². The van der Waals surface area contributed by atoms with Crippen molar-refractivity contribution in [3.05, 3.63) is 77.5 Å². The predicted octanol–water partition coefficient (Wildman–Crippen LogP) is 4.38. The average Bonchev–Trinajstić information content (AvgIpc) is 3.01. The minimum Gasteiger partial charge on any atom is -0.479 e. The second-order valence-corrected chi connectivity index (χ2v) is 7.87. The van der Waals surface area contributed by atoms with Gasteiger partial charge in [-0.15, -0.1) is 0 Å². The molecule has 1 aliphatic heterocycles. The van der Waals surface area contributed by atoms with Crippen LogP contribution in [0.1, 0.15) is 43.9 Å². The lowest BCUT2D eigenvalue weighted by atomic mass is 9.83. The van der Waals surface area contributed by atoms with Gasteiger partial charge in [0.05, 0.1) is 0 Å². The molecule has 3 nitrogen and oxygen atoms in total. The van der Waals surface area contributed by atoms with Gasteiger partial charge in [-0.2, -0.15) is 0 Å². The van der Waals surface area contributed by atoms with E-state index in [-0.39, 0.29) is 5.41 Å². The second-order valence-electron chi connectivity index (χ2n) is 7.87. The van der Waals surface area contributed by atoms with Gasteiger partial charge in [0.15, 0.2) is 0 Å². The minimum absolute atomic E-state index is 0.0660. The highest BCUT2D eigenvalue weighted by Gasteiger charge is 2.42. The quantitative estimate of drug-likeness (QED) is 0.871. The second kappa shape index (κ2) is 6.40. The van der Waals surface area contributed by atoms with Gasteiger partial charge >= 0.3 is 5.97 Å². The number of benzene rings is 2. The van der Waals surface area contributed by atoms with E-state index in [1.54, 1.807) is 0 Å². The van der Waals surface area contributed by atoms with Gasteiger partial charge in [0.25, 0.3) is 0 Å². The molecule has 2 aromatic rings. The van der Waals surface area contributed by atoms with Crippen LogP contribution in [-0.4, -0.2) is 16.6 Å². The van der Waals surface area contributed by atoms with Gasteiger partial charge in [0.1, 0.15) is 5.54 Å². The maximum absolute atomic E-state index is 12.0. The average molecular weight is 335 g/mol. The summed E-state index contributed by atoms with van der Waals surface area (Å²) in [6, 6.07) is 18.2. The molecule has 0 saturated heterocycles. The Morgan fingerprint density at radius 3 is 2.48 bits per heavy atom. The third-order valence-corrected chi connectivity index (χ3v) is 4.87. The molecular formula is C22H25NO2. The number of carbonyl (C=O) groups is 1. The first-order valence-electron chi connectivity index (χ1n) is 8.65. The smallest absolute Gasteiger partial charge is 0.330 e. The highest BCUT2D eigenvalue weighted by Crippen LogP contribution is 2.35.